The Labute approximate surface area is 123 Å². The normalized spacial score (nSPS) is 11.1. The molecule has 0 spiro atoms. The molecule has 2 rings (SSSR count). The third-order valence-corrected chi connectivity index (χ3v) is 4.88. The molecule has 0 aromatic heterocycles. The lowest BCUT2D eigenvalue weighted by Gasteiger charge is -2.07. The van der Waals surface area contributed by atoms with Crippen molar-refractivity contribution in [3.63, 3.8) is 0 Å². The van der Waals surface area contributed by atoms with Crippen LogP contribution in [0.5, 0.6) is 0 Å². The molecule has 0 bridgehead atoms. The zero-order chi connectivity index (χ0) is 15.5. The molecule has 0 atom stereocenters. The molecule has 0 aliphatic heterocycles. The number of hydrogen-bond acceptors (Lipinski definition) is 4. The van der Waals surface area contributed by atoms with E-state index in [2.05, 4.69) is 0 Å². The van der Waals surface area contributed by atoms with Crippen LogP contribution in [0.4, 0.5) is 5.69 Å². The highest BCUT2D eigenvalue weighted by Gasteiger charge is 2.22. The van der Waals surface area contributed by atoms with Gasteiger partial charge in [0.25, 0.3) is 5.69 Å². The van der Waals surface area contributed by atoms with E-state index in [4.69, 9.17) is 0 Å². The Hall–Kier alpha value is -2.15. The van der Waals surface area contributed by atoms with E-state index in [-0.39, 0.29) is 21.9 Å². The fourth-order valence-corrected chi connectivity index (χ4v) is 3.45. The maximum Gasteiger partial charge on any atom is 0.273 e. The molecule has 2 aromatic carbocycles. The van der Waals surface area contributed by atoms with Crippen LogP contribution in [0.25, 0.3) is 0 Å². The van der Waals surface area contributed by atoms with Gasteiger partial charge in [-0.25, -0.2) is 8.42 Å². The predicted molar refractivity (Wildman–Crippen MR) is 83.1 cm³/mol. The first-order valence-electron chi connectivity index (χ1n) is 6.48. The van der Waals surface area contributed by atoms with Crippen LogP contribution in [0.2, 0.25) is 6.82 Å². The van der Waals surface area contributed by atoms with Crippen LogP contribution >= 0.6 is 0 Å². The summed E-state index contributed by atoms with van der Waals surface area (Å²) in [7, 11) is -2.91. The Bertz CT molecular complexity index is 760. The van der Waals surface area contributed by atoms with Gasteiger partial charge in [0.1, 0.15) is 0 Å². The van der Waals surface area contributed by atoms with Gasteiger partial charge in [0.15, 0.2) is 17.1 Å². The van der Waals surface area contributed by atoms with Gasteiger partial charge in [-0.15, -0.1) is 0 Å². The van der Waals surface area contributed by atoms with Gasteiger partial charge in [-0.3, -0.25) is 10.1 Å². The molecule has 108 valence electrons. The summed E-state index contributed by atoms with van der Waals surface area (Å²) in [5.74, 6) is -0.374. The van der Waals surface area contributed by atoms with Crippen molar-refractivity contribution in [2.24, 2.45) is 0 Å². The minimum Gasteiger partial charge on any atom is -0.258 e. The van der Waals surface area contributed by atoms with E-state index >= 15 is 0 Å². The Morgan fingerprint density at radius 3 is 2.38 bits per heavy atom. The lowest BCUT2D eigenvalue weighted by atomic mass is 9.73. The van der Waals surface area contributed by atoms with Crippen molar-refractivity contribution in [2.45, 2.75) is 17.5 Å². The van der Waals surface area contributed by atoms with Gasteiger partial charge in [-0.05, 0) is 12.1 Å². The molecule has 0 fully saturated rings. The number of hydrogen-bond donors (Lipinski definition) is 0. The lowest BCUT2D eigenvalue weighted by molar-refractivity contribution is -0.385. The van der Waals surface area contributed by atoms with Gasteiger partial charge in [0, 0.05) is 11.6 Å². The standard InChI is InChI=1S/C14H14BNO4S/c1-15-12-7-8-14(16(17)18)11(9-12)10-21(19,20)13-5-3-2-4-6-13/h2-9,15H,10H2,1H3. The van der Waals surface area contributed by atoms with Crippen LogP contribution in [0.1, 0.15) is 5.56 Å². The molecule has 2 aromatic rings. The van der Waals surface area contributed by atoms with E-state index in [9.17, 15) is 18.5 Å². The summed E-state index contributed by atoms with van der Waals surface area (Å²) in [6, 6.07) is 12.6. The summed E-state index contributed by atoms with van der Waals surface area (Å²) >= 11 is 0. The van der Waals surface area contributed by atoms with Crippen LogP contribution < -0.4 is 5.46 Å². The van der Waals surface area contributed by atoms with E-state index < -0.39 is 14.8 Å². The molecular weight excluding hydrogens is 289 g/mol. The van der Waals surface area contributed by atoms with E-state index in [1.54, 1.807) is 30.3 Å². The second-order valence-electron chi connectivity index (χ2n) is 4.65. The summed E-state index contributed by atoms with van der Waals surface area (Å²) in [6.45, 7) is 1.91. The second-order valence-corrected chi connectivity index (χ2v) is 6.64. The van der Waals surface area contributed by atoms with E-state index in [1.165, 1.54) is 18.2 Å². The molecule has 0 N–H and O–H groups in total. The fourth-order valence-electron chi connectivity index (χ4n) is 2.07. The van der Waals surface area contributed by atoms with E-state index in [0.29, 0.717) is 7.28 Å². The van der Waals surface area contributed by atoms with Crippen molar-refractivity contribution >= 4 is 28.3 Å². The number of nitrogens with zero attached hydrogens (tertiary/aromatic N) is 1. The van der Waals surface area contributed by atoms with Crippen molar-refractivity contribution < 1.29 is 13.3 Å². The Morgan fingerprint density at radius 2 is 1.81 bits per heavy atom. The van der Waals surface area contributed by atoms with Crippen molar-refractivity contribution in [3.05, 3.63) is 64.2 Å². The molecule has 0 aliphatic rings. The fraction of sp³-hybridized carbons (Fsp3) is 0.143. The molecule has 0 aliphatic carbocycles. The van der Waals surface area contributed by atoms with Crippen molar-refractivity contribution in [3.8, 4) is 0 Å². The zero-order valence-corrected chi connectivity index (χ0v) is 12.3. The highest BCUT2D eigenvalue weighted by molar-refractivity contribution is 7.90. The molecule has 0 radical (unpaired) electrons. The quantitative estimate of drug-likeness (QED) is 0.478. The predicted octanol–water partition coefficient (Wildman–Crippen LogP) is 1.68. The van der Waals surface area contributed by atoms with Gasteiger partial charge in [0.05, 0.1) is 15.6 Å². The number of rotatable bonds is 5. The summed E-state index contributed by atoms with van der Waals surface area (Å²) < 4.78 is 24.7. The monoisotopic (exact) mass is 303 g/mol. The number of benzene rings is 2. The second kappa shape index (κ2) is 6.09. The van der Waals surface area contributed by atoms with Gasteiger partial charge in [-0.2, -0.15) is 0 Å². The van der Waals surface area contributed by atoms with Gasteiger partial charge >= 0.3 is 0 Å². The molecule has 0 unspecified atom stereocenters. The smallest absolute Gasteiger partial charge is 0.258 e. The maximum absolute atomic E-state index is 12.4. The summed E-state index contributed by atoms with van der Waals surface area (Å²) in [4.78, 5) is 10.7. The average molecular weight is 303 g/mol. The molecule has 0 saturated heterocycles. The molecule has 7 heteroatoms. The number of sulfone groups is 1. The Morgan fingerprint density at radius 1 is 1.14 bits per heavy atom. The lowest BCUT2D eigenvalue weighted by Crippen LogP contribution is -2.14. The molecule has 21 heavy (non-hydrogen) atoms. The molecule has 0 saturated carbocycles. The van der Waals surface area contributed by atoms with E-state index in [0.717, 1.165) is 5.46 Å². The van der Waals surface area contributed by atoms with Gasteiger partial charge in [0.2, 0.25) is 0 Å². The van der Waals surface area contributed by atoms with Gasteiger partial charge in [-0.1, -0.05) is 42.6 Å². The first-order chi connectivity index (χ1) is 9.94. The summed E-state index contributed by atoms with van der Waals surface area (Å²) in [5.41, 5.74) is 0.939. The van der Waals surface area contributed by atoms with Crippen molar-refractivity contribution in [2.75, 3.05) is 0 Å². The Kier molecular flexibility index (Phi) is 4.42. The minimum atomic E-state index is -3.60. The third-order valence-electron chi connectivity index (χ3n) is 3.20. The zero-order valence-electron chi connectivity index (χ0n) is 11.5. The number of nitro benzene ring substituents is 1. The highest BCUT2D eigenvalue weighted by atomic mass is 32.2. The van der Waals surface area contributed by atoms with Crippen LogP contribution in [0.15, 0.2) is 53.4 Å². The van der Waals surface area contributed by atoms with Crippen molar-refractivity contribution in [1.82, 2.24) is 0 Å². The molecule has 0 amide bonds. The summed E-state index contributed by atoms with van der Waals surface area (Å²) in [5, 5.41) is 11.1. The van der Waals surface area contributed by atoms with Crippen LogP contribution in [-0.4, -0.2) is 20.6 Å². The first-order valence-corrected chi connectivity index (χ1v) is 8.13. The minimum absolute atomic E-state index is 0.160. The highest BCUT2D eigenvalue weighted by Crippen LogP contribution is 2.23. The average Bonchev–Trinajstić information content (AvgIpc) is 2.47. The SMILES string of the molecule is CBc1ccc([N+](=O)[O-])c(CS(=O)(=O)c2ccccc2)c1. The molecule has 5 nitrogen and oxygen atoms in total. The molecular formula is C14H14BNO4S. The number of nitro groups is 1. The van der Waals surface area contributed by atoms with Crippen LogP contribution in [0, 0.1) is 10.1 Å². The topological polar surface area (TPSA) is 77.3 Å². The van der Waals surface area contributed by atoms with Crippen LogP contribution in [0.3, 0.4) is 0 Å². The van der Waals surface area contributed by atoms with Gasteiger partial charge < -0.3 is 0 Å². The molecule has 0 heterocycles. The van der Waals surface area contributed by atoms with Crippen molar-refractivity contribution in [1.29, 1.82) is 0 Å². The maximum atomic E-state index is 12.4. The largest absolute Gasteiger partial charge is 0.273 e. The third kappa shape index (κ3) is 3.49. The first kappa shape index (κ1) is 15.2. The van der Waals surface area contributed by atoms with Crippen LogP contribution in [-0.2, 0) is 15.6 Å². The Balaban J connectivity index is 2.45. The summed E-state index contributed by atoms with van der Waals surface area (Å²) in [6.07, 6.45) is 0. The van der Waals surface area contributed by atoms with E-state index in [1.807, 2.05) is 6.82 Å².